The lowest BCUT2D eigenvalue weighted by molar-refractivity contribution is -0.143. The second kappa shape index (κ2) is 11.1. The van der Waals surface area contributed by atoms with Crippen molar-refractivity contribution in [1.82, 2.24) is 5.32 Å². The number of carbonyl (C=O) groups excluding carboxylic acids is 2. The Morgan fingerprint density at radius 3 is 1.38 bits per heavy atom. The molecule has 0 saturated carbocycles. The Balaban J connectivity index is 0.00000363. The summed E-state index contributed by atoms with van der Waals surface area (Å²) in [5.74, 6) is -1.52. The van der Waals surface area contributed by atoms with E-state index in [1.807, 2.05) is 112 Å². The van der Waals surface area contributed by atoms with Crippen LogP contribution < -0.4 is 45.2 Å². The lowest BCUT2D eigenvalue weighted by atomic mass is 9.96. The molecule has 0 aliphatic heterocycles. The summed E-state index contributed by atoms with van der Waals surface area (Å²) in [7, 11) is -1.30. The molecule has 0 radical (unpaired) electrons. The minimum Gasteiger partial charge on any atom is -1.00 e. The van der Waals surface area contributed by atoms with E-state index in [2.05, 4.69) is 5.32 Å². The first-order valence-electron chi connectivity index (χ1n) is 10.3. The molecule has 6 heteroatoms. The van der Waals surface area contributed by atoms with Crippen LogP contribution in [0.4, 0.5) is 0 Å². The van der Waals surface area contributed by atoms with Crippen molar-refractivity contribution in [3.63, 3.8) is 0 Å². The molecule has 1 atom stereocenters. The van der Waals surface area contributed by atoms with Gasteiger partial charge in [-0.1, -0.05) is 75.4 Å². The van der Waals surface area contributed by atoms with Crippen LogP contribution in [0.15, 0.2) is 91.0 Å². The van der Waals surface area contributed by atoms with Crippen LogP contribution >= 0.6 is 7.26 Å². The van der Waals surface area contributed by atoms with E-state index in [1.54, 1.807) is 0 Å². The number of nitrogens with one attached hydrogen (secondary N) is 1. The van der Waals surface area contributed by atoms with Gasteiger partial charge in [0.25, 0.3) is 5.78 Å². The van der Waals surface area contributed by atoms with Crippen molar-refractivity contribution in [2.24, 2.45) is 5.41 Å². The maximum atomic E-state index is 13.3. The summed E-state index contributed by atoms with van der Waals surface area (Å²) < 4.78 is 5.27. The van der Waals surface area contributed by atoms with Crippen molar-refractivity contribution in [2.45, 2.75) is 26.6 Å². The van der Waals surface area contributed by atoms with Crippen molar-refractivity contribution in [1.29, 1.82) is 0 Å². The quantitative estimate of drug-likeness (QED) is 0.273. The van der Waals surface area contributed by atoms with Crippen LogP contribution in [-0.2, 0) is 14.3 Å². The molecule has 1 unspecified atom stereocenters. The molecule has 0 heterocycles. The van der Waals surface area contributed by atoms with Gasteiger partial charge in [0.05, 0.1) is 7.11 Å². The fraction of sp³-hybridized carbons (Fsp3) is 0.231. The number of rotatable bonds is 6. The smallest absolute Gasteiger partial charge is 0.369 e. The Hall–Kier alpha value is -2.24. The van der Waals surface area contributed by atoms with E-state index in [9.17, 15) is 9.59 Å². The maximum Gasteiger partial charge on any atom is 0.369 e. The minimum absolute atomic E-state index is 0. The average Bonchev–Trinajstić information content (AvgIpc) is 2.80. The van der Waals surface area contributed by atoms with E-state index in [0.29, 0.717) is 0 Å². The molecule has 32 heavy (non-hydrogen) atoms. The molecule has 168 valence electrons. The highest BCUT2D eigenvalue weighted by atomic mass is 127. The highest BCUT2D eigenvalue weighted by molar-refractivity contribution is 7.96. The third kappa shape index (κ3) is 5.21. The number of benzene rings is 3. The molecular weight excluding hydrogens is 532 g/mol. The molecule has 4 nitrogen and oxygen atoms in total. The first-order chi connectivity index (χ1) is 14.8. The molecule has 3 aromatic carbocycles. The first kappa shape index (κ1) is 26.0. The summed E-state index contributed by atoms with van der Waals surface area (Å²) in [4.78, 5) is 26.5. The molecule has 0 spiro atoms. The standard InChI is InChI=1S/C26H28NO3P.HI/c1-26(2,3)25(29)27-23(24(28)30-4)31(20-14-8-5-9-15-20,21-16-10-6-11-17-21)22-18-12-7-13-19-22;/h5-19,23H,1-4H3;1H. The lowest BCUT2D eigenvalue weighted by Gasteiger charge is -2.34. The Morgan fingerprint density at radius 1 is 0.750 bits per heavy atom. The van der Waals surface area contributed by atoms with Gasteiger partial charge in [-0.05, 0) is 36.4 Å². The third-order valence-electron chi connectivity index (χ3n) is 5.25. The first-order valence-corrected chi connectivity index (χ1v) is 12.1. The number of halogens is 1. The van der Waals surface area contributed by atoms with Crippen LogP contribution in [-0.4, -0.2) is 24.8 Å². The molecule has 0 saturated heterocycles. The van der Waals surface area contributed by atoms with Gasteiger partial charge in [0, 0.05) is 5.41 Å². The lowest BCUT2D eigenvalue weighted by Crippen LogP contribution is -3.00. The molecular formula is C26H29INO3P. The number of ether oxygens (including phenoxy) is 1. The maximum absolute atomic E-state index is 13.3. The normalized spacial score (nSPS) is 12.2. The number of esters is 1. The number of hydrogen-bond acceptors (Lipinski definition) is 3. The van der Waals surface area contributed by atoms with Gasteiger partial charge in [0.15, 0.2) is 0 Å². The van der Waals surface area contributed by atoms with Crippen molar-refractivity contribution >= 4 is 35.1 Å². The summed E-state index contributed by atoms with van der Waals surface area (Å²) in [6.07, 6.45) is 0. The number of methoxy groups -OCH3 is 1. The van der Waals surface area contributed by atoms with Gasteiger partial charge in [0.2, 0.25) is 5.91 Å². The van der Waals surface area contributed by atoms with E-state index in [0.717, 1.165) is 15.9 Å². The van der Waals surface area contributed by atoms with Gasteiger partial charge >= 0.3 is 5.97 Å². The zero-order valence-electron chi connectivity index (χ0n) is 18.8. The van der Waals surface area contributed by atoms with E-state index in [1.165, 1.54) is 7.11 Å². The second-order valence-electron chi connectivity index (χ2n) is 8.38. The Morgan fingerprint density at radius 2 is 1.09 bits per heavy atom. The van der Waals surface area contributed by atoms with Crippen LogP contribution in [0.2, 0.25) is 0 Å². The predicted octanol–water partition coefficient (Wildman–Crippen LogP) is 0.646. The van der Waals surface area contributed by atoms with E-state index in [4.69, 9.17) is 4.74 Å². The molecule has 0 aliphatic rings. The molecule has 0 aromatic heterocycles. The van der Waals surface area contributed by atoms with Gasteiger partial charge in [-0.25, -0.2) is 4.79 Å². The summed E-state index contributed by atoms with van der Waals surface area (Å²) in [5, 5.41) is 6.07. The van der Waals surface area contributed by atoms with Gasteiger partial charge in [-0.3, -0.25) is 4.79 Å². The van der Waals surface area contributed by atoms with Crippen molar-refractivity contribution in [2.75, 3.05) is 7.11 Å². The van der Waals surface area contributed by atoms with Crippen LogP contribution in [0.3, 0.4) is 0 Å². The van der Waals surface area contributed by atoms with Crippen LogP contribution in [0.25, 0.3) is 0 Å². The zero-order chi connectivity index (χ0) is 22.5. The van der Waals surface area contributed by atoms with Gasteiger partial charge in [0.1, 0.15) is 23.2 Å². The Bertz CT molecular complexity index is 925. The van der Waals surface area contributed by atoms with Crippen molar-refractivity contribution in [3.05, 3.63) is 91.0 Å². The number of carbonyl (C=O) groups is 2. The number of hydrogen-bond donors (Lipinski definition) is 1. The average molecular weight is 561 g/mol. The highest BCUT2D eigenvalue weighted by Gasteiger charge is 2.57. The van der Waals surface area contributed by atoms with Crippen molar-refractivity contribution in [3.8, 4) is 0 Å². The molecule has 1 N–H and O–H groups in total. The summed E-state index contributed by atoms with van der Waals surface area (Å²) in [5.41, 5.74) is -0.661. The molecule has 0 aliphatic carbocycles. The SMILES string of the molecule is COC(=O)C(NC(=O)C(C)(C)C)[P+](c1ccccc1)(c1ccccc1)c1ccccc1.[I-]. The zero-order valence-corrected chi connectivity index (χ0v) is 21.8. The molecule has 3 aromatic rings. The fourth-order valence-corrected chi connectivity index (χ4v) is 8.10. The van der Waals surface area contributed by atoms with Crippen LogP contribution in [0.5, 0.6) is 0 Å². The summed E-state index contributed by atoms with van der Waals surface area (Å²) in [6.45, 7) is 5.51. The molecule has 1 amide bonds. The summed E-state index contributed by atoms with van der Waals surface area (Å²) >= 11 is 0. The van der Waals surface area contributed by atoms with Gasteiger partial charge in [-0.2, -0.15) is 0 Å². The molecule has 0 bridgehead atoms. The molecule has 3 rings (SSSR count). The van der Waals surface area contributed by atoms with Gasteiger partial charge in [-0.15, -0.1) is 0 Å². The second-order valence-corrected chi connectivity index (χ2v) is 11.9. The van der Waals surface area contributed by atoms with Crippen LogP contribution in [0.1, 0.15) is 20.8 Å². The fourth-order valence-electron chi connectivity index (χ4n) is 3.65. The highest BCUT2D eigenvalue weighted by Crippen LogP contribution is 2.59. The monoisotopic (exact) mass is 561 g/mol. The Kier molecular flexibility index (Phi) is 8.99. The Labute approximate surface area is 208 Å². The van der Waals surface area contributed by atoms with Gasteiger partial charge < -0.3 is 34.0 Å². The van der Waals surface area contributed by atoms with E-state index >= 15 is 0 Å². The topological polar surface area (TPSA) is 55.4 Å². The van der Waals surface area contributed by atoms with Crippen LogP contribution in [0, 0.1) is 5.41 Å². The van der Waals surface area contributed by atoms with E-state index < -0.39 is 24.4 Å². The predicted molar refractivity (Wildman–Crippen MR) is 129 cm³/mol. The third-order valence-corrected chi connectivity index (χ3v) is 9.70. The van der Waals surface area contributed by atoms with E-state index in [-0.39, 0.29) is 29.9 Å². The largest absolute Gasteiger partial charge is 1.00 e. The molecule has 0 fully saturated rings. The number of amides is 1. The summed E-state index contributed by atoms with van der Waals surface area (Å²) in [6, 6.07) is 29.9. The van der Waals surface area contributed by atoms with Crippen molar-refractivity contribution < 1.29 is 38.3 Å². The minimum atomic E-state index is -2.67.